The van der Waals surface area contributed by atoms with Crippen molar-refractivity contribution < 1.29 is 53.1 Å². The van der Waals surface area contributed by atoms with E-state index in [9.17, 15) is 53.1 Å². The lowest BCUT2D eigenvalue weighted by Gasteiger charge is -2.35. The molecule has 8 N–H and O–H groups in total. The molecule has 20 nitrogen and oxygen atoms in total. The minimum Gasteiger partial charge on any atom is -0.480 e. The monoisotopic (exact) mass is 923 g/mol. The molecule has 0 bridgehead atoms. The molecule has 4 aliphatic heterocycles. The molecule has 0 aromatic carbocycles. The summed E-state index contributed by atoms with van der Waals surface area (Å²) in [7, 11) is 0. The van der Waals surface area contributed by atoms with Crippen molar-refractivity contribution in [2.24, 2.45) is 17.4 Å². The maximum atomic E-state index is 14.4. The maximum absolute atomic E-state index is 14.4. The van der Waals surface area contributed by atoms with E-state index in [4.69, 9.17) is 11.5 Å². The van der Waals surface area contributed by atoms with Crippen LogP contribution in [0.2, 0.25) is 0 Å². The summed E-state index contributed by atoms with van der Waals surface area (Å²) in [4.78, 5) is 138. The van der Waals surface area contributed by atoms with Crippen molar-refractivity contribution in [2.45, 2.75) is 146 Å². The number of carboxylic acid groups (broad SMARTS) is 1. The molecular weight excluding hydrogens is 859 g/mol. The third-order valence-electron chi connectivity index (χ3n) is 12.0. The van der Waals surface area contributed by atoms with E-state index >= 15 is 0 Å². The Morgan fingerprint density at radius 2 is 1.16 bits per heavy atom. The highest BCUT2D eigenvalue weighted by Gasteiger charge is 2.47. The van der Waals surface area contributed by atoms with E-state index < -0.39 is 102 Å². The summed E-state index contributed by atoms with van der Waals surface area (Å²) >= 11 is 2.30. The molecule has 4 fully saturated rings. The van der Waals surface area contributed by atoms with Gasteiger partial charge in [0.15, 0.2) is 5.12 Å². The van der Waals surface area contributed by atoms with E-state index in [0.717, 1.165) is 11.8 Å². The molecule has 4 aliphatic rings. The van der Waals surface area contributed by atoms with Crippen LogP contribution in [0.3, 0.4) is 0 Å². The van der Waals surface area contributed by atoms with Crippen molar-refractivity contribution in [3.05, 3.63) is 0 Å². The molecule has 0 unspecified atom stereocenters. The first-order valence-electron chi connectivity index (χ1n) is 21.9. The molecule has 0 spiro atoms. The van der Waals surface area contributed by atoms with Crippen molar-refractivity contribution >= 4 is 81.9 Å². The molecule has 22 heteroatoms. The number of nitrogens with zero attached hydrogens (tertiary/aromatic N) is 4. The summed E-state index contributed by atoms with van der Waals surface area (Å²) < 4.78 is 0. The predicted molar refractivity (Wildman–Crippen MR) is 234 cm³/mol. The molecule has 0 radical (unpaired) electrons. The van der Waals surface area contributed by atoms with E-state index in [1.807, 2.05) is 20.1 Å². The molecule has 0 aliphatic carbocycles. The van der Waals surface area contributed by atoms with Gasteiger partial charge in [-0.3, -0.25) is 43.2 Å². The van der Waals surface area contributed by atoms with Gasteiger partial charge in [-0.25, -0.2) is 4.79 Å². The van der Waals surface area contributed by atoms with Crippen LogP contribution in [0.1, 0.15) is 97.8 Å². The van der Waals surface area contributed by atoms with Crippen LogP contribution in [-0.4, -0.2) is 175 Å². The smallest absolute Gasteiger partial charge is 0.326 e. The Labute approximate surface area is 376 Å². The number of nitrogens with one attached hydrogen (secondary N) is 3. The fourth-order valence-electron chi connectivity index (χ4n) is 8.79. The molecule has 352 valence electrons. The molecule has 0 aromatic rings. The summed E-state index contributed by atoms with van der Waals surface area (Å²) in [6, 6.07) is -8.25. The molecule has 0 aromatic heterocycles. The van der Waals surface area contributed by atoms with Crippen molar-refractivity contribution in [1.82, 2.24) is 35.6 Å². The van der Waals surface area contributed by atoms with Crippen LogP contribution in [0.5, 0.6) is 0 Å². The largest absolute Gasteiger partial charge is 0.480 e. The summed E-state index contributed by atoms with van der Waals surface area (Å²) in [5, 5.41) is 17.6. The van der Waals surface area contributed by atoms with Crippen molar-refractivity contribution in [2.75, 3.05) is 43.9 Å². The van der Waals surface area contributed by atoms with Crippen LogP contribution < -0.4 is 27.4 Å². The van der Waals surface area contributed by atoms with Gasteiger partial charge in [-0.15, -0.1) is 0 Å². The average Bonchev–Trinajstić information content (AvgIpc) is 4.08. The maximum Gasteiger partial charge on any atom is 0.326 e. The van der Waals surface area contributed by atoms with Crippen LogP contribution in [0.25, 0.3) is 0 Å². The quantitative estimate of drug-likeness (QED) is 0.0819. The van der Waals surface area contributed by atoms with E-state index in [1.54, 1.807) is 0 Å². The van der Waals surface area contributed by atoms with Crippen molar-refractivity contribution in [3.63, 3.8) is 0 Å². The number of amides is 8. The Kier molecular flexibility index (Phi) is 19.5. The third kappa shape index (κ3) is 13.8. The predicted octanol–water partition coefficient (Wildman–Crippen LogP) is -0.839. The van der Waals surface area contributed by atoms with Gasteiger partial charge in [-0.1, -0.05) is 25.6 Å². The lowest BCUT2D eigenvalue weighted by Crippen LogP contribution is -2.59. The minimum absolute atomic E-state index is 0.00255. The highest BCUT2D eigenvalue weighted by atomic mass is 32.2. The lowest BCUT2D eigenvalue weighted by molar-refractivity contribution is -0.152. The zero-order chi connectivity index (χ0) is 46.5. The van der Waals surface area contributed by atoms with E-state index in [2.05, 4.69) is 16.0 Å². The molecule has 0 saturated carbocycles. The second-order valence-electron chi connectivity index (χ2n) is 17.1. The second-order valence-corrected chi connectivity index (χ2v) is 19.3. The normalized spacial score (nSPS) is 23.0. The highest BCUT2D eigenvalue weighted by Crippen LogP contribution is 2.30. The SMILES string of the molecule is CSCC[C@H](NC(=O)[C@@H](N)CSC(C)=O)C(=O)N[C@@H](CCC(N)=O)C(=O)N1CCC[C@H]1C(=O)N1CCC[C@H]1C(=O)N1CCC[C@H]1C(=O)N[C@@H](CC(C)C)C(=O)N1CCC[C@H]1C(=O)O. The van der Waals surface area contributed by atoms with Gasteiger partial charge in [0, 0.05) is 45.3 Å². The first-order chi connectivity index (χ1) is 29.9. The standard InChI is InChI=1S/C41H65N9O11S2/c1-23(2)21-28(38(57)50-19-8-12-32(50)41(60)61)46-36(55)29-9-5-16-47(29)39(58)31-11-7-18-49(31)40(59)30-10-6-17-48(30)37(56)27(13-14-33(43)52)45-35(54)26(15-20-62-4)44-34(53)25(42)22-63-24(3)51/h23,25-32H,5-22,42H2,1-4H3,(H2,43,52)(H,44,53)(H,45,54)(H,46,55)(H,60,61)/t25-,26-,27-,28-,29-,30-,31-,32-/m0/s1. The number of carbonyl (C=O) groups is 10. The minimum atomic E-state index is -1.29. The molecule has 8 amide bonds. The number of aliphatic carboxylic acids is 1. The zero-order valence-corrected chi connectivity index (χ0v) is 38.3. The van der Waals surface area contributed by atoms with Crippen molar-refractivity contribution in [3.8, 4) is 0 Å². The topological polar surface area (TPSA) is 292 Å². The number of hydrogen-bond acceptors (Lipinski definition) is 13. The number of likely N-dealkylation sites (tertiary alicyclic amines) is 4. The fourth-order valence-corrected chi connectivity index (χ4v) is 9.83. The Morgan fingerprint density at radius 1 is 0.667 bits per heavy atom. The Hall–Kier alpha value is -4.44. The second kappa shape index (κ2) is 24.0. The Balaban J connectivity index is 1.47. The van der Waals surface area contributed by atoms with Crippen LogP contribution in [0.15, 0.2) is 0 Å². The number of carboxylic acids is 1. The van der Waals surface area contributed by atoms with Crippen LogP contribution in [0.4, 0.5) is 0 Å². The molecule has 63 heavy (non-hydrogen) atoms. The van der Waals surface area contributed by atoms with E-state index in [0.29, 0.717) is 50.7 Å². The summed E-state index contributed by atoms with van der Waals surface area (Å²) in [5.74, 6) is -5.24. The summed E-state index contributed by atoms with van der Waals surface area (Å²) in [6.45, 7) is 6.04. The molecular formula is C41H65N9O11S2. The van der Waals surface area contributed by atoms with Crippen LogP contribution in [0, 0.1) is 5.92 Å². The number of hydrogen-bond donors (Lipinski definition) is 6. The van der Waals surface area contributed by atoms with Crippen LogP contribution in [-0.2, 0) is 47.9 Å². The van der Waals surface area contributed by atoms with Gasteiger partial charge in [0.25, 0.3) is 0 Å². The van der Waals surface area contributed by atoms with Gasteiger partial charge in [0.05, 0.1) is 6.04 Å². The summed E-state index contributed by atoms with van der Waals surface area (Å²) in [5.41, 5.74) is 11.4. The van der Waals surface area contributed by atoms with Gasteiger partial charge in [0.2, 0.25) is 47.3 Å². The number of carbonyl (C=O) groups excluding carboxylic acids is 9. The van der Waals surface area contributed by atoms with Gasteiger partial charge in [-0.2, -0.15) is 11.8 Å². The number of rotatable bonds is 21. The van der Waals surface area contributed by atoms with Crippen LogP contribution >= 0.6 is 23.5 Å². The zero-order valence-electron chi connectivity index (χ0n) is 36.7. The van der Waals surface area contributed by atoms with Crippen molar-refractivity contribution in [1.29, 1.82) is 0 Å². The Morgan fingerprint density at radius 3 is 1.70 bits per heavy atom. The molecule has 4 heterocycles. The molecule has 8 atom stereocenters. The highest BCUT2D eigenvalue weighted by molar-refractivity contribution is 8.13. The number of nitrogens with two attached hydrogens (primary N) is 2. The van der Waals surface area contributed by atoms with Gasteiger partial charge >= 0.3 is 5.97 Å². The first-order valence-corrected chi connectivity index (χ1v) is 24.3. The van der Waals surface area contributed by atoms with Gasteiger partial charge in [-0.05, 0) is 88.6 Å². The van der Waals surface area contributed by atoms with Gasteiger partial charge < -0.3 is 52.1 Å². The molecule has 4 rings (SSSR count). The van der Waals surface area contributed by atoms with E-state index in [1.165, 1.54) is 38.3 Å². The number of thioether (sulfide) groups is 2. The first kappa shape index (κ1) is 51.2. The fraction of sp³-hybridized carbons (Fsp3) is 0.756. The number of primary amides is 1. The Bertz CT molecular complexity index is 1740. The molecule has 4 saturated heterocycles. The average molecular weight is 924 g/mol. The third-order valence-corrected chi connectivity index (χ3v) is 13.5. The summed E-state index contributed by atoms with van der Waals surface area (Å²) in [6.07, 6.45) is 5.08. The van der Waals surface area contributed by atoms with E-state index in [-0.39, 0.29) is 75.1 Å². The lowest BCUT2D eigenvalue weighted by atomic mass is 10.0. The van der Waals surface area contributed by atoms with Gasteiger partial charge in [0.1, 0.15) is 42.3 Å².